The van der Waals surface area contributed by atoms with E-state index in [4.69, 9.17) is 39.5 Å². The Morgan fingerprint density at radius 1 is 1.23 bits per heavy atom. The maximum absolute atomic E-state index is 12.1. The molecule has 1 heterocycles. The topological polar surface area (TPSA) is 42.8 Å². The first-order chi connectivity index (χ1) is 10.5. The molecule has 0 bridgehead atoms. The molecule has 1 aromatic rings. The Morgan fingerprint density at radius 2 is 1.86 bits per heavy atom. The molecule has 22 heavy (non-hydrogen) atoms. The molecule has 1 saturated heterocycles. The fourth-order valence-corrected chi connectivity index (χ4v) is 2.89. The number of carbonyl (C=O) groups is 1. The van der Waals surface area contributed by atoms with E-state index >= 15 is 0 Å². The molecule has 0 aromatic heterocycles. The molecule has 1 aliphatic heterocycles. The number of rotatable bonds is 4. The third kappa shape index (κ3) is 5.45. The average Bonchev–Trinajstić information content (AvgIpc) is 2.51. The number of ether oxygens (including phenoxy) is 1. The van der Waals surface area contributed by atoms with E-state index in [0.717, 1.165) is 10.5 Å². The predicted octanol–water partition coefficient (Wildman–Crippen LogP) is 1.43. The van der Waals surface area contributed by atoms with Crippen LogP contribution in [0.3, 0.4) is 0 Å². The molecule has 2 rings (SSSR count). The van der Waals surface area contributed by atoms with E-state index in [1.54, 1.807) is 6.08 Å². The van der Waals surface area contributed by atoms with Crippen LogP contribution in [0.1, 0.15) is 5.56 Å². The van der Waals surface area contributed by atoms with Gasteiger partial charge in [-0.3, -0.25) is 10.1 Å². The molecule has 7 heteroatoms. The van der Waals surface area contributed by atoms with Crippen LogP contribution in [0.25, 0.3) is 6.08 Å². The first-order valence-electron chi connectivity index (χ1n) is 6.99. The van der Waals surface area contributed by atoms with Gasteiger partial charge in [-0.15, -0.1) is 0 Å². The first-order valence-corrected chi connectivity index (χ1v) is 8.13. The predicted molar refractivity (Wildman–Crippen MR) is 89.2 cm³/mol. The second-order valence-corrected chi connectivity index (χ2v) is 7.37. The van der Waals surface area contributed by atoms with Crippen LogP contribution in [-0.2, 0) is 9.53 Å². The Bertz CT molecular complexity index is 511. The average molecular weight is 365 g/mol. The molecule has 0 saturated carbocycles. The van der Waals surface area contributed by atoms with E-state index in [1.165, 1.54) is 6.08 Å². The molecule has 120 valence electrons. The van der Waals surface area contributed by atoms with E-state index in [2.05, 4.69) is 5.32 Å². The summed E-state index contributed by atoms with van der Waals surface area (Å²) in [5.74, 6) is -0.292. The highest BCUT2D eigenvalue weighted by Gasteiger charge is 2.42. The summed E-state index contributed by atoms with van der Waals surface area (Å²) < 4.78 is 3.72. The Balaban J connectivity index is 2.00. The Hall–Kier alpha value is -0.780. The van der Waals surface area contributed by atoms with Crippen molar-refractivity contribution in [1.82, 2.24) is 5.32 Å². The summed E-state index contributed by atoms with van der Waals surface area (Å²) in [4.78, 5) is 13.1. The summed E-state index contributed by atoms with van der Waals surface area (Å²) in [6.45, 7) is 2.53. The van der Waals surface area contributed by atoms with Gasteiger partial charge in [0.15, 0.2) is 0 Å². The number of alkyl halides is 3. The van der Waals surface area contributed by atoms with E-state index in [0.29, 0.717) is 26.3 Å². The summed E-state index contributed by atoms with van der Waals surface area (Å²) in [6.07, 6.45) is 2.55. The number of amides is 1. The lowest BCUT2D eigenvalue weighted by molar-refractivity contribution is -0.934. The fourth-order valence-electron chi connectivity index (χ4n) is 2.26. The van der Waals surface area contributed by atoms with Gasteiger partial charge in [-0.1, -0.05) is 65.1 Å². The highest BCUT2D eigenvalue weighted by Crippen LogP contribution is 2.27. The number of quaternary nitrogens is 1. The summed E-state index contributed by atoms with van der Waals surface area (Å²) in [5.41, 5.74) is 0.932. The van der Waals surface area contributed by atoms with Crippen molar-refractivity contribution in [2.24, 2.45) is 0 Å². The summed E-state index contributed by atoms with van der Waals surface area (Å²) in [6, 6.07) is 9.53. The third-order valence-electron chi connectivity index (χ3n) is 3.38. The van der Waals surface area contributed by atoms with Crippen molar-refractivity contribution in [3.05, 3.63) is 42.0 Å². The zero-order valence-electron chi connectivity index (χ0n) is 11.9. The quantitative estimate of drug-likeness (QED) is 0.627. The van der Waals surface area contributed by atoms with Gasteiger partial charge >= 0.3 is 0 Å². The molecule has 1 fully saturated rings. The molecule has 4 nitrogen and oxygen atoms in total. The number of nitrogens with one attached hydrogen (secondary N) is 2. The van der Waals surface area contributed by atoms with E-state index in [9.17, 15) is 4.79 Å². The van der Waals surface area contributed by atoms with Gasteiger partial charge in [0.25, 0.3) is 3.79 Å². The van der Waals surface area contributed by atoms with Crippen molar-refractivity contribution in [2.75, 3.05) is 26.3 Å². The molecule has 0 aliphatic carbocycles. The lowest BCUT2D eigenvalue weighted by atomic mass is 10.2. The molecule has 0 spiro atoms. The highest BCUT2D eigenvalue weighted by molar-refractivity contribution is 6.68. The number of benzene rings is 1. The molecule has 0 unspecified atom stereocenters. The normalized spacial score (nSPS) is 18.3. The standard InChI is InChI=1S/C15H17Cl3N2O2/c16-15(17,18)14(20-8-10-22-11-9-20)19-13(21)7-6-12-4-2-1-3-5-12/h1-7,14H,8-11H2,(H,19,21)/p+1/t14-/m1/s1. The van der Waals surface area contributed by atoms with Gasteiger partial charge in [-0.25, -0.2) is 0 Å². The van der Waals surface area contributed by atoms with E-state index in [1.807, 2.05) is 30.3 Å². The van der Waals surface area contributed by atoms with Gasteiger partial charge in [0, 0.05) is 6.08 Å². The van der Waals surface area contributed by atoms with Crippen molar-refractivity contribution in [3.63, 3.8) is 0 Å². The minimum Gasteiger partial charge on any atom is -0.370 e. The smallest absolute Gasteiger partial charge is 0.262 e. The summed E-state index contributed by atoms with van der Waals surface area (Å²) >= 11 is 18.1. The fraction of sp³-hybridized carbons (Fsp3) is 0.400. The van der Waals surface area contributed by atoms with Gasteiger partial charge in [0.05, 0.1) is 13.2 Å². The van der Waals surface area contributed by atoms with Crippen LogP contribution in [0.5, 0.6) is 0 Å². The van der Waals surface area contributed by atoms with Crippen LogP contribution in [0.4, 0.5) is 0 Å². The lowest BCUT2D eigenvalue weighted by Crippen LogP contribution is -3.21. The van der Waals surface area contributed by atoms with E-state index in [-0.39, 0.29) is 5.91 Å². The van der Waals surface area contributed by atoms with Crippen LogP contribution in [0, 0.1) is 0 Å². The summed E-state index contributed by atoms with van der Waals surface area (Å²) in [7, 11) is 0. The minimum atomic E-state index is -1.58. The lowest BCUT2D eigenvalue weighted by Gasteiger charge is -2.34. The van der Waals surface area contributed by atoms with Crippen LogP contribution in [-0.4, -0.2) is 42.2 Å². The van der Waals surface area contributed by atoms with Crippen molar-refractivity contribution in [2.45, 2.75) is 9.96 Å². The Morgan fingerprint density at radius 3 is 2.45 bits per heavy atom. The maximum atomic E-state index is 12.1. The third-order valence-corrected chi connectivity index (χ3v) is 4.04. The molecule has 0 radical (unpaired) electrons. The van der Waals surface area contributed by atoms with Crippen molar-refractivity contribution < 1.29 is 14.4 Å². The number of hydrogen-bond acceptors (Lipinski definition) is 2. The van der Waals surface area contributed by atoms with Gasteiger partial charge in [0.1, 0.15) is 13.1 Å². The van der Waals surface area contributed by atoms with Crippen molar-refractivity contribution in [1.29, 1.82) is 0 Å². The Labute approximate surface area is 145 Å². The first kappa shape index (κ1) is 17.6. The van der Waals surface area contributed by atoms with Crippen LogP contribution < -0.4 is 10.2 Å². The molecule has 1 amide bonds. The van der Waals surface area contributed by atoms with Crippen LogP contribution >= 0.6 is 34.8 Å². The molecular formula is C15H18Cl3N2O2+. The van der Waals surface area contributed by atoms with E-state index < -0.39 is 9.96 Å². The van der Waals surface area contributed by atoms with Crippen LogP contribution in [0.15, 0.2) is 36.4 Å². The zero-order valence-corrected chi connectivity index (χ0v) is 14.2. The number of carbonyl (C=O) groups excluding carboxylic acids is 1. The minimum absolute atomic E-state index is 0.292. The van der Waals surface area contributed by atoms with Crippen molar-refractivity contribution in [3.8, 4) is 0 Å². The molecule has 1 atom stereocenters. The van der Waals surface area contributed by atoms with Gasteiger partial charge in [-0.2, -0.15) is 0 Å². The maximum Gasteiger partial charge on any atom is 0.262 e. The number of hydrogen-bond donors (Lipinski definition) is 2. The van der Waals surface area contributed by atoms with Crippen LogP contribution in [0.2, 0.25) is 0 Å². The molecule has 2 N–H and O–H groups in total. The highest BCUT2D eigenvalue weighted by atomic mass is 35.6. The largest absolute Gasteiger partial charge is 0.370 e. The Kier molecular flexibility index (Phi) is 6.53. The monoisotopic (exact) mass is 363 g/mol. The molecule has 1 aliphatic rings. The second-order valence-electron chi connectivity index (χ2n) is 5.00. The summed E-state index contributed by atoms with van der Waals surface area (Å²) in [5, 5.41) is 2.78. The second kappa shape index (κ2) is 8.18. The van der Waals surface area contributed by atoms with Gasteiger partial charge < -0.3 is 9.64 Å². The van der Waals surface area contributed by atoms with Crippen molar-refractivity contribution >= 4 is 46.8 Å². The molecular weight excluding hydrogens is 347 g/mol. The van der Waals surface area contributed by atoms with Gasteiger partial charge in [-0.05, 0) is 11.6 Å². The van der Waals surface area contributed by atoms with Gasteiger partial charge in [0.2, 0.25) is 12.1 Å². The number of halogens is 3. The SMILES string of the molecule is O=C(C=Cc1ccccc1)N[C@H]([NH+]1CCOCC1)C(Cl)(Cl)Cl. The zero-order chi connectivity index (χ0) is 16.0. The number of morpholine rings is 1. The molecule has 1 aromatic carbocycles.